The smallest absolute Gasteiger partial charge is 0.258 e. The molecule has 2 aromatic rings. The lowest BCUT2D eigenvalue weighted by Gasteiger charge is -2.19. The number of ether oxygens (including phenoxy) is 1. The molecule has 2 N–H and O–H groups in total. The van der Waals surface area contributed by atoms with Crippen molar-refractivity contribution in [1.82, 2.24) is 14.7 Å². The van der Waals surface area contributed by atoms with Gasteiger partial charge in [0.15, 0.2) is 5.82 Å². The molecule has 7 heteroatoms. The van der Waals surface area contributed by atoms with E-state index in [-0.39, 0.29) is 11.4 Å². The van der Waals surface area contributed by atoms with Crippen molar-refractivity contribution in [2.75, 3.05) is 13.2 Å². The van der Waals surface area contributed by atoms with Crippen molar-refractivity contribution in [2.45, 2.75) is 19.4 Å². The number of nitrogens with zero attached hydrogens (tertiary/aromatic N) is 3. The van der Waals surface area contributed by atoms with Crippen LogP contribution in [0.25, 0.3) is 11.5 Å². The van der Waals surface area contributed by atoms with Crippen molar-refractivity contribution in [3.8, 4) is 11.5 Å². The van der Waals surface area contributed by atoms with Crippen molar-refractivity contribution in [2.24, 2.45) is 12.8 Å². The summed E-state index contributed by atoms with van der Waals surface area (Å²) >= 11 is 0. The summed E-state index contributed by atoms with van der Waals surface area (Å²) in [6.45, 7) is 4.50. The van der Waals surface area contributed by atoms with E-state index in [1.54, 1.807) is 26.2 Å². The molecule has 0 fully saturated rings. The summed E-state index contributed by atoms with van der Waals surface area (Å²) in [5.41, 5.74) is 5.68. The second-order valence-electron chi connectivity index (χ2n) is 4.84. The number of hydrogen-bond donors (Lipinski definition) is 1. The van der Waals surface area contributed by atoms with Crippen molar-refractivity contribution in [3.63, 3.8) is 0 Å². The summed E-state index contributed by atoms with van der Waals surface area (Å²) in [6, 6.07) is 3.17. The Balaban J connectivity index is 2.28. The van der Waals surface area contributed by atoms with Crippen LogP contribution in [0.5, 0.6) is 0 Å². The molecule has 0 aliphatic heterocycles. The monoisotopic (exact) mass is 278 g/mol. The summed E-state index contributed by atoms with van der Waals surface area (Å²) in [7, 11) is 1.67. The van der Waals surface area contributed by atoms with Crippen LogP contribution in [0.3, 0.4) is 0 Å². The minimum atomic E-state index is -0.836. The third-order valence-electron chi connectivity index (χ3n) is 2.89. The Morgan fingerprint density at radius 3 is 2.95 bits per heavy atom. The first kappa shape index (κ1) is 14.4. The van der Waals surface area contributed by atoms with Crippen molar-refractivity contribution >= 4 is 0 Å². The van der Waals surface area contributed by atoms with Crippen molar-refractivity contribution < 1.29 is 9.26 Å². The minimum absolute atomic E-state index is 0.146. The van der Waals surface area contributed by atoms with Crippen LogP contribution in [0.4, 0.5) is 0 Å². The molecule has 2 heterocycles. The zero-order valence-corrected chi connectivity index (χ0v) is 11.8. The highest BCUT2D eigenvalue weighted by Gasteiger charge is 2.28. The van der Waals surface area contributed by atoms with E-state index in [9.17, 15) is 4.79 Å². The Hall–Kier alpha value is -1.99. The predicted molar refractivity (Wildman–Crippen MR) is 73.0 cm³/mol. The topological polar surface area (TPSA) is 96.2 Å². The van der Waals surface area contributed by atoms with Gasteiger partial charge in [-0.05, 0) is 19.9 Å². The van der Waals surface area contributed by atoms with Gasteiger partial charge in [0.1, 0.15) is 5.54 Å². The maximum Gasteiger partial charge on any atom is 0.258 e. The van der Waals surface area contributed by atoms with Gasteiger partial charge < -0.3 is 19.6 Å². The van der Waals surface area contributed by atoms with Crippen LogP contribution < -0.4 is 11.3 Å². The standard InChI is InChI=1S/C13H18N4O3/c1-4-19-8-13(2,14)12-15-11(20-16-12)9-5-6-17(3)10(18)7-9/h5-7H,4,8,14H2,1-3H3. The average Bonchev–Trinajstić information content (AvgIpc) is 2.90. The highest BCUT2D eigenvalue weighted by molar-refractivity contribution is 5.51. The molecule has 2 rings (SSSR count). The van der Waals surface area contributed by atoms with Crippen LogP contribution in [0.15, 0.2) is 27.6 Å². The van der Waals surface area contributed by atoms with Crippen LogP contribution in [0, 0.1) is 0 Å². The van der Waals surface area contributed by atoms with E-state index in [2.05, 4.69) is 10.1 Å². The van der Waals surface area contributed by atoms with Gasteiger partial charge in [0.05, 0.1) is 6.61 Å². The van der Waals surface area contributed by atoms with E-state index < -0.39 is 5.54 Å². The predicted octanol–water partition coefficient (Wildman–Crippen LogP) is 0.646. The first-order valence-corrected chi connectivity index (χ1v) is 6.32. The number of aryl methyl sites for hydroxylation is 1. The molecule has 0 bridgehead atoms. The Kier molecular flexibility index (Phi) is 4.01. The molecule has 1 unspecified atom stereocenters. The number of pyridine rings is 1. The molecule has 0 radical (unpaired) electrons. The highest BCUT2D eigenvalue weighted by atomic mass is 16.5. The molecule has 2 aromatic heterocycles. The lowest BCUT2D eigenvalue weighted by molar-refractivity contribution is 0.0962. The second kappa shape index (κ2) is 5.56. The molecule has 0 amide bonds. The number of hydrogen-bond acceptors (Lipinski definition) is 6. The fourth-order valence-electron chi connectivity index (χ4n) is 1.63. The minimum Gasteiger partial charge on any atom is -0.379 e. The third kappa shape index (κ3) is 2.94. The van der Waals surface area contributed by atoms with Crippen LogP contribution in [-0.2, 0) is 17.3 Å². The van der Waals surface area contributed by atoms with Crippen LogP contribution >= 0.6 is 0 Å². The van der Waals surface area contributed by atoms with Gasteiger partial charge in [-0.15, -0.1) is 0 Å². The molecule has 20 heavy (non-hydrogen) atoms. The SMILES string of the molecule is CCOCC(C)(N)c1noc(-c2ccn(C)c(=O)c2)n1. The summed E-state index contributed by atoms with van der Waals surface area (Å²) < 4.78 is 11.9. The van der Waals surface area contributed by atoms with Gasteiger partial charge in [-0.1, -0.05) is 5.16 Å². The zero-order valence-electron chi connectivity index (χ0n) is 11.8. The molecule has 0 aliphatic carbocycles. The Morgan fingerprint density at radius 2 is 2.30 bits per heavy atom. The average molecular weight is 278 g/mol. The molecule has 7 nitrogen and oxygen atoms in total. The fraction of sp³-hybridized carbons (Fsp3) is 0.462. The molecule has 108 valence electrons. The molecule has 1 atom stereocenters. The van der Waals surface area contributed by atoms with Gasteiger partial charge in [0.2, 0.25) is 0 Å². The van der Waals surface area contributed by atoms with Gasteiger partial charge in [0, 0.05) is 31.5 Å². The molecule has 0 spiro atoms. The summed E-state index contributed by atoms with van der Waals surface area (Å²) in [5.74, 6) is 0.618. The van der Waals surface area contributed by atoms with E-state index >= 15 is 0 Å². The zero-order chi connectivity index (χ0) is 14.8. The first-order chi connectivity index (χ1) is 9.44. The molecule has 0 saturated carbocycles. The maximum atomic E-state index is 11.6. The largest absolute Gasteiger partial charge is 0.379 e. The summed E-state index contributed by atoms with van der Waals surface area (Å²) in [4.78, 5) is 15.8. The molecular weight excluding hydrogens is 260 g/mol. The quantitative estimate of drug-likeness (QED) is 0.862. The molecule has 0 aromatic carbocycles. The van der Waals surface area contributed by atoms with Crippen molar-refractivity contribution in [1.29, 1.82) is 0 Å². The molecular formula is C13H18N4O3. The van der Waals surface area contributed by atoms with E-state index in [1.165, 1.54) is 10.6 Å². The van der Waals surface area contributed by atoms with Crippen LogP contribution in [-0.4, -0.2) is 27.9 Å². The lowest BCUT2D eigenvalue weighted by Crippen LogP contribution is -2.39. The number of aromatic nitrogens is 3. The number of nitrogens with two attached hydrogens (primary N) is 1. The van der Waals surface area contributed by atoms with Crippen molar-refractivity contribution in [3.05, 3.63) is 34.5 Å². The van der Waals surface area contributed by atoms with Crippen LogP contribution in [0.2, 0.25) is 0 Å². The summed E-state index contributed by atoms with van der Waals surface area (Å²) in [6.07, 6.45) is 1.64. The highest BCUT2D eigenvalue weighted by Crippen LogP contribution is 2.20. The van der Waals surface area contributed by atoms with Gasteiger partial charge in [-0.2, -0.15) is 4.98 Å². The Bertz CT molecular complexity index is 645. The Morgan fingerprint density at radius 1 is 1.55 bits per heavy atom. The van der Waals surface area contributed by atoms with Gasteiger partial charge in [-0.25, -0.2) is 0 Å². The van der Waals surface area contributed by atoms with Crippen LogP contribution in [0.1, 0.15) is 19.7 Å². The second-order valence-corrected chi connectivity index (χ2v) is 4.84. The molecule has 0 aliphatic rings. The van der Waals surface area contributed by atoms with Gasteiger partial charge in [0.25, 0.3) is 11.4 Å². The van der Waals surface area contributed by atoms with Gasteiger partial charge in [-0.3, -0.25) is 4.79 Å². The maximum absolute atomic E-state index is 11.6. The first-order valence-electron chi connectivity index (χ1n) is 6.32. The van der Waals surface area contributed by atoms with E-state index in [0.717, 1.165) is 0 Å². The normalized spacial score (nSPS) is 14.2. The van der Waals surface area contributed by atoms with E-state index in [1.807, 2.05) is 6.92 Å². The molecule has 0 saturated heterocycles. The van der Waals surface area contributed by atoms with E-state index in [4.69, 9.17) is 15.0 Å². The van der Waals surface area contributed by atoms with Gasteiger partial charge >= 0.3 is 0 Å². The summed E-state index contributed by atoms with van der Waals surface area (Å²) in [5, 5.41) is 3.87. The van der Waals surface area contributed by atoms with E-state index in [0.29, 0.717) is 24.6 Å². The Labute approximate surface area is 116 Å². The number of rotatable bonds is 5. The fourth-order valence-corrected chi connectivity index (χ4v) is 1.63. The third-order valence-corrected chi connectivity index (χ3v) is 2.89. The lowest BCUT2D eigenvalue weighted by atomic mass is 10.1.